The highest BCUT2D eigenvalue weighted by Crippen LogP contribution is 2.23. The molecule has 0 heterocycles. The number of amides is 1. The number of hydrogen-bond acceptors (Lipinski definition) is 3. The molecule has 0 aliphatic carbocycles. The van der Waals surface area contributed by atoms with Gasteiger partial charge in [-0.25, -0.2) is 8.42 Å². The van der Waals surface area contributed by atoms with Crippen molar-refractivity contribution in [2.24, 2.45) is 0 Å². The Morgan fingerprint density at radius 2 is 1.78 bits per heavy atom. The van der Waals surface area contributed by atoms with E-state index in [4.69, 9.17) is 0 Å². The van der Waals surface area contributed by atoms with Gasteiger partial charge in [-0.15, -0.1) is 0 Å². The van der Waals surface area contributed by atoms with Gasteiger partial charge in [0.2, 0.25) is 15.9 Å². The zero-order valence-electron chi connectivity index (χ0n) is 16.4. The number of carbonyl (C=O) groups excluding carboxylic acids is 1. The summed E-state index contributed by atoms with van der Waals surface area (Å²) in [5, 5.41) is 2.91. The second-order valence-electron chi connectivity index (χ2n) is 7.05. The van der Waals surface area contributed by atoms with Gasteiger partial charge >= 0.3 is 0 Å². The first-order chi connectivity index (χ1) is 12.7. The summed E-state index contributed by atoms with van der Waals surface area (Å²) in [6, 6.07) is 15.5. The van der Waals surface area contributed by atoms with E-state index < -0.39 is 10.0 Å². The minimum Gasteiger partial charge on any atom is -0.352 e. The third kappa shape index (κ3) is 6.40. The molecule has 2 rings (SSSR count). The van der Waals surface area contributed by atoms with E-state index in [1.807, 2.05) is 51.1 Å². The highest BCUT2D eigenvalue weighted by atomic mass is 32.2. The van der Waals surface area contributed by atoms with Gasteiger partial charge in [-0.05, 0) is 50.8 Å². The molecule has 0 fully saturated rings. The monoisotopic (exact) mass is 388 g/mol. The molecule has 27 heavy (non-hydrogen) atoms. The summed E-state index contributed by atoms with van der Waals surface area (Å²) in [7, 11) is -3.57. The molecule has 2 aromatic carbocycles. The Labute approximate surface area is 162 Å². The van der Waals surface area contributed by atoms with E-state index in [-0.39, 0.29) is 18.5 Å². The number of hydrogen-bond donors (Lipinski definition) is 1. The minimum atomic E-state index is -3.57. The van der Waals surface area contributed by atoms with Crippen LogP contribution in [0.3, 0.4) is 0 Å². The molecule has 0 bridgehead atoms. The molecule has 0 aromatic heterocycles. The fraction of sp³-hybridized carbons (Fsp3) is 0.381. The summed E-state index contributed by atoms with van der Waals surface area (Å²) in [6.07, 6.45) is 2.77. The van der Waals surface area contributed by atoms with Crippen molar-refractivity contribution >= 4 is 21.6 Å². The fourth-order valence-corrected chi connectivity index (χ4v) is 3.93. The van der Waals surface area contributed by atoms with E-state index in [9.17, 15) is 13.2 Å². The van der Waals surface area contributed by atoms with Gasteiger partial charge in [-0.3, -0.25) is 9.10 Å². The predicted octanol–water partition coefficient (Wildman–Crippen LogP) is 3.21. The van der Waals surface area contributed by atoms with Crippen LogP contribution < -0.4 is 9.62 Å². The van der Waals surface area contributed by atoms with Gasteiger partial charge in [-0.2, -0.15) is 0 Å². The van der Waals surface area contributed by atoms with Crippen LogP contribution in [0.1, 0.15) is 30.0 Å². The first-order valence-electron chi connectivity index (χ1n) is 9.05. The van der Waals surface area contributed by atoms with Gasteiger partial charge in [0.15, 0.2) is 0 Å². The van der Waals surface area contributed by atoms with E-state index >= 15 is 0 Å². The molecule has 2 aromatic rings. The van der Waals surface area contributed by atoms with Crippen LogP contribution in [0.25, 0.3) is 0 Å². The van der Waals surface area contributed by atoms with Crippen molar-refractivity contribution in [2.75, 3.05) is 17.1 Å². The molecule has 0 aliphatic rings. The van der Waals surface area contributed by atoms with Gasteiger partial charge in [0.25, 0.3) is 0 Å². The van der Waals surface area contributed by atoms with Crippen molar-refractivity contribution in [3.8, 4) is 0 Å². The van der Waals surface area contributed by atoms with Crippen molar-refractivity contribution < 1.29 is 13.2 Å². The quantitative estimate of drug-likeness (QED) is 0.755. The molecule has 0 unspecified atom stereocenters. The summed E-state index contributed by atoms with van der Waals surface area (Å²) in [5.74, 6) is -0.305. The lowest BCUT2D eigenvalue weighted by Gasteiger charge is -2.25. The number of aryl methyl sites for hydroxylation is 3. The van der Waals surface area contributed by atoms with E-state index in [0.717, 1.165) is 30.2 Å². The lowest BCUT2D eigenvalue weighted by molar-refractivity contribution is -0.120. The molecule has 0 radical (unpaired) electrons. The maximum atomic E-state index is 12.5. The summed E-state index contributed by atoms with van der Waals surface area (Å²) >= 11 is 0. The number of sulfonamides is 1. The van der Waals surface area contributed by atoms with E-state index in [1.165, 1.54) is 9.87 Å². The molecular formula is C21H28N2O3S. The van der Waals surface area contributed by atoms with Crippen molar-refractivity contribution in [1.29, 1.82) is 0 Å². The Kier molecular flexibility index (Phi) is 7.02. The van der Waals surface area contributed by atoms with Gasteiger partial charge in [0.1, 0.15) is 6.54 Å². The van der Waals surface area contributed by atoms with Crippen molar-refractivity contribution in [1.82, 2.24) is 5.32 Å². The molecule has 6 heteroatoms. The maximum absolute atomic E-state index is 12.5. The van der Waals surface area contributed by atoms with Crippen LogP contribution in [0.2, 0.25) is 0 Å². The number of nitrogens with one attached hydrogen (secondary N) is 1. The summed E-state index contributed by atoms with van der Waals surface area (Å²) < 4.78 is 25.7. The maximum Gasteiger partial charge on any atom is 0.240 e. The van der Waals surface area contributed by atoms with Crippen molar-refractivity contribution in [2.45, 2.75) is 39.7 Å². The van der Waals surface area contributed by atoms with E-state index in [0.29, 0.717) is 5.69 Å². The lowest BCUT2D eigenvalue weighted by Crippen LogP contribution is -2.43. The molecule has 1 N–H and O–H groups in total. The minimum absolute atomic E-state index is 0.0433. The third-order valence-electron chi connectivity index (χ3n) is 4.42. The molecule has 146 valence electrons. The zero-order chi connectivity index (χ0) is 20.0. The number of rotatable bonds is 8. The van der Waals surface area contributed by atoms with Crippen molar-refractivity contribution in [3.63, 3.8) is 0 Å². The van der Waals surface area contributed by atoms with E-state index in [1.54, 1.807) is 6.07 Å². The molecule has 0 saturated heterocycles. The average Bonchev–Trinajstić information content (AvgIpc) is 2.58. The number of benzene rings is 2. The molecule has 0 saturated carbocycles. The molecular weight excluding hydrogens is 360 g/mol. The Bertz CT molecular complexity index is 880. The van der Waals surface area contributed by atoms with Gasteiger partial charge in [0, 0.05) is 6.04 Å². The van der Waals surface area contributed by atoms with Crippen LogP contribution in [-0.4, -0.2) is 33.2 Å². The first kappa shape index (κ1) is 21.0. The standard InChI is InChI=1S/C21H28N2O3S/c1-16-10-13-20(17(2)14-16)23(27(4,25)26)15-21(24)22-18(3)11-12-19-8-6-5-7-9-19/h5-10,13-14,18H,11-12,15H2,1-4H3,(H,22,24)/t18-/m0/s1. The predicted molar refractivity (Wildman–Crippen MR) is 110 cm³/mol. The smallest absolute Gasteiger partial charge is 0.240 e. The molecule has 5 nitrogen and oxygen atoms in total. The number of carbonyl (C=O) groups is 1. The van der Waals surface area contributed by atoms with Crippen LogP contribution >= 0.6 is 0 Å². The van der Waals surface area contributed by atoms with Crippen LogP contribution in [0.5, 0.6) is 0 Å². The summed E-state index contributed by atoms with van der Waals surface area (Å²) in [4.78, 5) is 12.5. The summed E-state index contributed by atoms with van der Waals surface area (Å²) in [6.45, 7) is 5.50. The largest absolute Gasteiger partial charge is 0.352 e. The van der Waals surface area contributed by atoms with Gasteiger partial charge in [0.05, 0.1) is 11.9 Å². The first-order valence-corrected chi connectivity index (χ1v) is 10.9. The number of anilines is 1. The fourth-order valence-electron chi connectivity index (χ4n) is 3.02. The molecule has 1 amide bonds. The van der Waals surface area contributed by atoms with Crippen LogP contribution in [0.4, 0.5) is 5.69 Å². The second kappa shape index (κ2) is 9.04. The second-order valence-corrected chi connectivity index (χ2v) is 8.96. The Morgan fingerprint density at radius 3 is 2.37 bits per heavy atom. The highest BCUT2D eigenvalue weighted by molar-refractivity contribution is 7.92. The SMILES string of the molecule is Cc1ccc(N(CC(=O)N[C@@H](C)CCc2ccccc2)S(C)(=O)=O)c(C)c1. The number of nitrogens with zero attached hydrogens (tertiary/aromatic N) is 1. The van der Waals surface area contributed by atoms with Crippen molar-refractivity contribution in [3.05, 3.63) is 65.2 Å². The zero-order valence-corrected chi connectivity index (χ0v) is 17.2. The van der Waals surface area contributed by atoms with Gasteiger partial charge in [-0.1, -0.05) is 48.0 Å². The van der Waals surface area contributed by atoms with Crippen LogP contribution in [-0.2, 0) is 21.2 Å². The summed E-state index contributed by atoms with van der Waals surface area (Å²) in [5.41, 5.74) is 3.62. The van der Waals surface area contributed by atoms with E-state index in [2.05, 4.69) is 17.4 Å². The van der Waals surface area contributed by atoms with Crippen LogP contribution in [0.15, 0.2) is 48.5 Å². The lowest BCUT2D eigenvalue weighted by atomic mass is 10.1. The molecule has 1 atom stereocenters. The van der Waals surface area contributed by atoms with Gasteiger partial charge < -0.3 is 5.32 Å². The Hall–Kier alpha value is -2.34. The third-order valence-corrected chi connectivity index (χ3v) is 5.55. The highest BCUT2D eigenvalue weighted by Gasteiger charge is 2.23. The topological polar surface area (TPSA) is 66.5 Å². The average molecular weight is 389 g/mol. The van der Waals surface area contributed by atoms with Crippen LogP contribution in [0, 0.1) is 13.8 Å². The molecule has 0 aliphatic heterocycles. The Balaban J connectivity index is 2.01. The Morgan fingerprint density at radius 1 is 1.11 bits per heavy atom. The normalized spacial score (nSPS) is 12.4. The molecule has 0 spiro atoms.